The first-order chi connectivity index (χ1) is 14.1. The Balaban J connectivity index is 1.62. The minimum absolute atomic E-state index is 0.216. The van der Waals surface area contributed by atoms with Crippen LogP contribution in [0.25, 0.3) is 6.08 Å². The van der Waals surface area contributed by atoms with E-state index in [0.717, 1.165) is 17.0 Å². The van der Waals surface area contributed by atoms with Gasteiger partial charge in [0.05, 0.1) is 18.8 Å². The fraction of sp³-hybridized carbons (Fsp3) is 0.391. The first-order valence-corrected chi connectivity index (χ1v) is 10.0. The predicted molar refractivity (Wildman–Crippen MR) is 116 cm³/mol. The molecule has 3 rings (SSSR count). The lowest BCUT2D eigenvalue weighted by Gasteiger charge is -2.10. The van der Waals surface area contributed by atoms with Gasteiger partial charge in [-0.25, -0.2) is 0 Å². The zero-order valence-corrected chi connectivity index (χ0v) is 18.5. The molecule has 30 heavy (non-hydrogen) atoms. The van der Waals surface area contributed by atoms with Gasteiger partial charge >= 0.3 is 0 Å². The molecule has 2 heterocycles. The van der Waals surface area contributed by atoms with Crippen LogP contribution in [0.5, 0.6) is 0 Å². The molecule has 7 heteroatoms. The summed E-state index contributed by atoms with van der Waals surface area (Å²) in [6.07, 6.45) is 3.31. The summed E-state index contributed by atoms with van der Waals surface area (Å²) in [7, 11) is 0. The Morgan fingerprint density at radius 3 is 2.50 bits per heavy atom. The first kappa shape index (κ1) is 21.5. The predicted octanol–water partition coefficient (Wildman–Crippen LogP) is 3.87. The summed E-state index contributed by atoms with van der Waals surface area (Å²) >= 11 is 0. The van der Waals surface area contributed by atoms with E-state index in [2.05, 4.69) is 51.7 Å². The van der Waals surface area contributed by atoms with Crippen molar-refractivity contribution >= 4 is 12.0 Å². The second-order valence-corrected chi connectivity index (χ2v) is 8.54. The van der Waals surface area contributed by atoms with E-state index in [0.29, 0.717) is 18.3 Å². The molecule has 7 nitrogen and oxygen atoms in total. The van der Waals surface area contributed by atoms with Crippen LogP contribution < -0.4 is 5.32 Å². The number of carbonyl (C=O) groups is 1. The lowest BCUT2D eigenvalue weighted by atomic mass is 9.97. The second kappa shape index (κ2) is 8.65. The molecule has 158 valence electrons. The van der Waals surface area contributed by atoms with Gasteiger partial charge in [0.1, 0.15) is 0 Å². The van der Waals surface area contributed by atoms with Crippen LogP contribution in [0.4, 0.5) is 0 Å². The molecule has 0 aliphatic rings. The summed E-state index contributed by atoms with van der Waals surface area (Å²) in [4.78, 5) is 16.6. The Bertz CT molecular complexity index is 1050. The molecule has 3 aromatic rings. The van der Waals surface area contributed by atoms with Gasteiger partial charge in [-0.05, 0) is 32.4 Å². The van der Waals surface area contributed by atoms with Gasteiger partial charge in [0.15, 0.2) is 5.82 Å². The number of carbonyl (C=O) groups excluding carboxylic acids is 1. The highest BCUT2D eigenvalue weighted by Crippen LogP contribution is 2.19. The van der Waals surface area contributed by atoms with Crippen LogP contribution in [0, 0.1) is 20.8 Å². The molecule has 1 N–H and O–H groups in total. The maximum atomic E-state index is 12.2. The molecule has 0 aliphatic heterocycles. The number of rotatable bonds is 6. The monoisotopic (exact) mass is 407 g/mol. The molecular weight excluding hydrogens is 378 g/mol. The molecule has 0 bridgehead atoms. The minimum atomic E-state index is -0.220. The van der Waals surface area contributed by atoms with Crippen molar-refractivity contribution in [1.82, 2.24) is 25.2 Å². The van der Waals surface area contributed by atoms with Crippen LogP contribution in [-0.4, -0.2) is 25.8 Å². The van der Waals surface area contributed by atoms with E-state index in [9.17, 15) is 4.79 Å². The quantitative estimate of drug-likeness (QED) is 0.627. The number of hydrogen-bond donors (Lipinski definition) is 1. The molecule has 1 aromatic carbocycles. The van der Waals surface area contributed by atoms with E-state index >= 15 is 0 Å². The third kappa shape index (κ3) is 5.23. The highest BCUT2D eigenvalue weighted by Gasteiger charge is 2.21. The smallest absolute Gasteiger partial charge is 0.244 e. The van der Waals surface area contributed by atoms with Gasteiger partial charge in [-0.15, -0.1) is 0 Å². The van der Waals surface area contributed by atoms with E-state index in [4.69, 9.17) is 4.52 Å². The summed E-state index contributed by atoms with van der Waals surface area (Å²) < 4.78 is 7.20. The van der Waals surface area contributed by atoms with Gasteiger partial charge in [0.25, 0.3) is 0 Å². The number of nitrogens with one attached hydrogen (secondary N) is 1. The Labute approximate surface area is 177 Å². The molecule has 0 atom stereocenters. The van der Waals surface area contributed by atoms with Gasteiger partial charge < -0.3 is 9.84 Å². The third-order valence-electron chi connectivity index (χ3n) is 4.82. The number of aromatic nitrogens is 4. The van der Waals surface area contributed by atoms with E-state index in [1.165, 1.54) is 17.2 Å². The third-order valence-corrected chi connectivity index (χ3v) is 4.82. The summed E-state index contributed by atoms with van der Waals surface area (Å²) in [5, 5.41) is 11.3. The lowest BCUT2D eigenvalue weighted by molar-refractivity contribution is -0.116. The van der Waals surface area contributed by atoms with Crippen LogP contribution >= 0.6 is 0 Å². The van der Waals surface area contributed by atoms with Gasteiger partial charge in [0, 0.05) is 22.7 Å². The molecule has 0 unspecified atom stereocenters. The van der Waals surface area contributed by atoms with Crippen molar-refractivity contribution in [2.75, 3.05) is 0 Å². The molecule has 0 spiro atoms. The van der Waals surface area contributed by atoms with E-state index in [-0.39, 0.29) is 17.9 Å². The molecule has 0 saturated heterocycles. The number of nitrogens with zero attached hydrogens (tertiary/aromatic N) is 4. The molecule has 1 amide bonds. The summed E-state index contributed by atoms with van der Waals surface area (Å²) in [5.41, 5.74) is 5.06. The second-order valence-electron chi connectivity index (χ2n) is 8.54. The zero-order valence-electron chi connectivity index (χ0n) is 18.5. The summed E-state index contributed by atoms with van der Waals surface area (Å²) in [5.74, 6) is 0.789. The SMILES string of the molecule is Cc1ccc(Cn2nc(C)c(C=CC(=O)NCc3noc(C(C)(C)C)n3)c2C)cc1. The molecule has 0 saturated carbocycles. The Morgan fingerprint density at radius 1 is 1.17 bits per heavy atom. The normalized spacial score (nSPS) is 11.9. The standard InChI is InChI=1S/C23H29N5O2/c1-15-7-9-18(10-8-15)14-28-17(3)19(16(2)26-28)11-12-21(29)24-13-20-25-22(30-27-20)23(4,5)6/h7-12H,13-14H2,1-6H3,(H,24,29). The first-order valence-electron chi connectivity index (χ1n) is 10.0. The van der Waals surface area contributed by atoms with Crippen LogP contribution in [-0.2, 0) is 23.3 Å². The number of benzene rings is 1. The topological polar surface area (TPSA) is 85.8 Å². The van der Waals surface area contributed by atoms with Gasteiger partial charge in [-0.2, -0.15) is 10.1 Å². The van der Waals surface area contributed by atoms with Crippen molar-refractivity contribution in [3.63, 3.8) is 0 Å². The van der Waals surface area contributed by atoms with Crippen molar-refractivity contribution in [2.24, 2.45) is 0 Å². The van der Waals surface area contributed by atoms with Crippen molar-refractivity contribution < 1.29 is 9.32 Å². The lowest BCUT2D eigenvalue weighted by Crippen LogP contribution is -2.21. The highest BCUT2D eigenvalue weighted by molar-refractivity contribution is 5.91. The molecule has 2 aromatic heterocycles. The van der Waals surface area contributed by atoms with Crippen LogP contribution in [0.3, 0.4) is 0 Å². The minimum Gasteiger partial charge on any atom is -0.345 e. The maximum Gasteiger partial charge on any atom is 0.244 e. The molecule has 0 radical (unpaired) electrons. The maximum absolute atomic E-state index is 12.2. The fourth-order valence-corrected chi connectivity index (χ4v) is 2.99. The van der Waals surface area contributed by atoms with Gasteiger partial charge in [-0.1, -0.05) is 55.8 Å². The largest absolute Gasteiger partial charge is 0.345 e. The fourth-order valence-electron chi connectivity index (χ4n) is 2.99. The summed E-state index contributed by atoms with van der Waals surface area (Å²) in [6, 6.07) is 8.41. The van der Waals surface area contributed by atoms with E-state index < -0.39 is 0 Å². The Hall–Kier alpha value is -3.22. The van der Waals surface area contributed by atoms with Crippen molar-refractivity contribution in [2.45, 2.75) is 60.0 Å². The van der Waals surface area contributed by atoms with Crippen LogP contribution in [0.2, 0.25) is 0 Å². The number of amides is 1. The van der Waals surface area contributed by atoms with E-state index in [1.807, 2.05) is 39.3 Å². The van der Waals surface area contributed by atoms with Gasteiger partial charge in [-0.3, -0.25) is 9.48 Å². The van der Waals surface area contributed by atoms with Gasteiger partial charge in [0.2, 0.25) is 11.8 Å². The van der Waals surface area contributed by atoms with Crippen LogP contribution in [0.15, 0.2) is 34.9 Å². The Kier molecular flexibility index (Phi) is 6.20. The average Bonchev–Trinajstić information content (AvgIpc) is 3.26. The summed E-state index contributed by atoms with van der Waals surface area (Å²) in [6.45, 7) is 12.9. The molecule has 0 aliphatic carbocycles. The van der Waals surface area contributed by atoms with Crippen molar-refractivity contribution in [3.8, 4) is 0 Å². The zero-order chi connectivity index (χ0) is 21.9. The van der Waals surface area contributed by atoms with Crippen LogP contribution in [0.1, 0.15) is 60.6 Å². The highest BCUT2D eigenvalue weighted by atomic mass is 16.5. The van der Waals surface area contributed by atoms with Crippen molar-refractivity contribution in [1.29, 1.82) is 0 Å². The molecular formula is C23H29N5O2. The Morgan fingerprint density at radius 2 is 1.87 bits per heavy atom. The average molecular weight is 408 g/mol. The molecule has 0 fully saturated rings. The van der Waals surface area contributed by atoms with Crippen molar-refractivity contribution in [3.05, 3.63) is 70.1 Å². The number of aryl methyl sites for hydroxylation is 2. The number of hydrogen-bond acceptors (Lipinski definition) is 5. The van der Waals surface area contributed by atoms with E-state index in [1.54, 1.807) is 6.08 Å².